The van der Waals surface area contributed by atoms with Gasteiger partial charge < -0.3 is 14.6 Å². The number of rotatable bonds is 3. The van der Waals surface area contributed by atoms with E-state index < -0.39 is 0 Å². The molecule has 1 aromatic carbocycles. The number of nitrogens with zero attached hydrogens (tertiary/aromatic N) is 2. The van der Waals surface area contributed by atoms with Gasteiger partial charge in [0.15, 0.2) is 0 Å². The van der Waals surface area contributed by atoms with Crippen LogP contribution in [0.3, 0.4) is 0 Å². The average Bonchev–Trinajstić information content (AvgIpc) is 2.95. The van der Waals surface area contributed by atoms with Gasteiger partial charge >= 0.3 is 6.09 Å². The number of aromatic nitrogens is 1. The first-order chi connectivity index (χ1) is 10.6. The lowest BCUT2D eigenvalue weighted by atomic mass is 10.2. The molecule has 1 saturated heterocycles. The van der Waals surface area contributed by atoms with E-state index in [0.29, 0.717) is 11.7 Å². The van der Waals surface area contributed by atoms with E-state index in [1.54, 1.807) is 4.90 Å². The molecule has 5 nitrogen and oxygen atoms in total. The molecule has 1 aliphatic heterocycles. The fourth-order valence-corrected chi connectivity index (χ4v) is 2.89. The number of nitrogens with one attached hydrogen (secondary N) is 1. The summed E-state index contributed by atoms with van der Waals surface area (Å²) in [6, 6.07) is 7.61. The van der Waals surface area contributed by atoms with E-state index >= 15 is 0 Å². The van der Waals surface area contributed by atoms with E-state index in [4.69, 9.17) is 4.74 Å². The molecule has 0 atom stereocenters. The Morgan fingerprint density at radius 3 is 2.73 bits per heavy atom. The molecule has 0 unspecified atom stereocenters. The number of benzene rings is 1. The second kappa shape index (κ2) is 6.40. The van der Waals surface area contributed by atoms with Gasteiger partial charge in [-0.1, -0.05) is 13.8 Å². The summed E-state index contributed by atoms with van der Waals surface area (Å²) < 4.78 is 5.50. The van der Waals surface area contributed by atoms with Crippen molar-refractivity contribution in [2.75, 3.05) is 32.7 Å². The van der Waals surface area contributed by atoms with E-state index in [-0.39, 0.29) is 6.09 Å². The Morgan fingerprint density at radius 1 is 1.23 bits per heavy atom. The standard InChI is InChI=1S/C17H23N3O2/c1-13(2)12-19-7-9-20(10-8-19)17(21)22-15-3-4-16-14(11-15)5-6-18-16/h3-6,11,13,18H,7-10,12H2,1-2H3. The van der Waals surface area contributed by atoms with Crippen molar-refractivity contribution in [1.29, 1.82) is 0 Å². The van der Waals surface area contributed by atoms with Crippen LogP contribution in [0.25, 0.3) is 10.9 Å². The van der Waals surface area contributed by atoms with Crippen molar-refractivity contribution in [3.63, 3.8) is 0 Å². The molecule has 1 N–H and O–H groups in total. The van der Waals surface area contributed by atoms with Crippen molar-refractivity contribution in [3.05, 3.63) is 30.5 Å². The summed E-state index contributed by atoms with van der Waals surface area (Å²) >= 11 is 0. The quantitative estimate of drug-likeness (QED) is 0.948. The van der Waals surface area contributed by atoms with Gasteiger partial charge in [-0.3, -0.25) is 4.90 Å². The lowest BCUT2D eigenvalue weighted by molar-refractivity contribution is 0.105. The van der Waals surface area contributed by atoms with Gasteiger partial charge in [0.25, 0.3) is 0 Å². The molecule has 0 radical (unpaired) electrons. The largest absolute Gasteiger partial charge is 0.415 e. The summed E-state index contributed by atoms with van der Waals surface area (Å²) in [4.78, 5) is 19.6. The Hall–Kier alpha value is -2.01. The molecule has 0 aliphatic carbocycles. The fourth-order valence-electron chi connectivity index (χ4n) is 2.89. The number of piperazine rings is 1. The van der Waals surface area contributed by atoms with Gasteiger partial charge in [-0.25, -0.2) is 4.79 Å². The topological polar surface area (TPSA) is 48.6 Å². The second-order valence-electron chi connectivity index (χ2n) is 6.28. The van der Waals surface area contributed by atoms with Crippen molar-refractivity contribution >= 4 is 17.0 Å². The molecule has 5 heteroatoms. The van der Waals surface area contributed by atoms with E-state index in [1.807, 2.05) is 30.5 Å². The van der Waals surface area contributed by atoms with Gasteiger partial charge in [-0.05, 0) is 30.2 Å². The summed E-state index contributed by atoms with van der Waals surface area (Å²) in [7, 11) is 0. The van der Waals surface area contributed by atoms with Gasteiger partial charge in [-0.2, -0.15) is 0 Å². The Balaban J connectivity index is 1.56. The van der Waals surface area contributed by atoms with Crippen LogP contribution in [-0.4, -0.2) is 53.6 Å². The maximum Gasteiger partial charge on any atom is 0.415 e. The number of hydrogen-bond donors (Lipinski definition) is 1. The minimum absolute atomic E-state index is 0.251. The summed E-state index contributed by atoms with van der Waals surface area (Å²) in [5.74, 6) is 1.26. The maximum absolute atomic E-state index is 12.2. The van der Waals surface area contributed by atoms with Gasteiger partial charge in [0, 0.05) is 49.8 Å². The summed E-state index contributed by atoms with van der Waals surface area (Å²) in [6.45, 7) is 8.84. The van der Waals surface area contributed by atoms with Crippen LogP contribution in [0, 0.1) is 5.92 Å². The average molecular weight is 301 g/mol. The Bertz CT molecular complexity index is 642. The molecule has 0 bridgehead atoms. The van der Waals surface area contributed by atoms with Crippen molar-refractivity contribution in [3.8, 4) is 5.75 Å². The first kappa shape index (κ1) is 14.9. The predicted molar refractivity (Wildman–Crippen MR) is 87.2 cm³/mol. The number of amides is 1. The minimum Gasteiger partial charge on any atom is -0.410 e. The van der Waals surface area contributed by atoms with E-state index in [9.17, 15) is 4.79 Å². The molecule has 1 amide bonds. The van der Waals surface area contributed by atoms with Gasteiger partial charge in [-0.15, -0.1) is 0 Å². The first-order valence-electron chi connectivity index (χ1n) is 7.88. The molecular formula is C17H23N3O2. The molecule has 118 valence electrons. The third-order valence-electron chi connectivity index (χ3n) is 3.98. The molecule has 2 aromatic rings. The third-order valence-corrected chi connectivity index (χ3v) is 3.98. The molecule has 3 rings (SSSR count). The first-order valence-corrected chi connectivity index (χ1v) is 7.88. The fraction of sp³-hybridized carbons (Fsp3) is 0.471. The van der Waals surface area contributed by atoms with Gasteiger partial charge in [0.05, 0.1) is 0 Å². The van der Waals surface area contributed by atoms with Gasteiger partial charge in [0.2, 0.25) is 0 Å². The SMILES string of the molecule is CC(C)CN1CCN(C(=O)Oc2ccc3[nH]ccc3c2)CC1. The smallest absolute Gasteiger partial charge is 0.410 e. The predicted octanol–water partition coefficient (Wildman–Crippen LogP) is 2.94. The van der Waals surface area contributed by atoms with Crippen LogP contribution >= 0.6 is 0 Å². The number of aromatic amines is 1. The number of carbonyl (C=O) groups is 1. The van der Waals surface area contributed by atoms with E-state index in [2.05, 4.69) is 23.7 Å². The highest BCUT2D eigenvalue weighted by Gasteiger charge is 2.22. The van der Waals surface area contributed by atoms with Crippen molar-refractivity contribution in [1.82, 2.24) is 14.8 Å². The zero-order valence-corrected chi connectivity index (χ0v) is 13.2. The van der Waals surface area contributed by atoms with Crippen LogP contribution in [0.1, 0.15) is 13.8 Å². The van der Waals surface area contributed by atoms with E-state index in [1.165, 1.54) is 0 Å². The highest BCUT2D eigenvalue weighted by molar-refractivity contribution is 5.82. The van der Waals surface area contributed by atoms with E-state index in [0.717, 1.165) is 43.6 Å². The Morgan fingerprint density at radius 2 is 2.00 bits per heavy atom. The maximum atomic E-state index is 12.2. The molecule has 22 heavy (non-hydrogen) atoms. The molecule has 0 saturated carbocycles. The molecular weight excluding hydrogens is 278 g/mol. The zero-order chi connectivity index (χ0) is 15.5. The third kappa shape index (κ3) is 3.42. The minimum atomic E-state index is -0.251. The molecule has 1 fully saturated rings. The number of hydrogen-bond acceptors (Lipinski definition) is 3. The Kier molecular flexibility index (Phi) is 4.34. The van der Waals surface area contributed by atoms with Crippen LogP contribution in [-0.2, 0) is 0 Å². The van der Waals surface area contributed by atoms with Crippen LogP contribution in [0.15, 0.2) is 30.5 Å². The summed E-state index contributed by atoms with van der Waals surface area (Å²) in [5, 5.41) is 1.05. The zero-order valence-electron chi connectivity index (χ0n) is 13.2. The number of ether oxygens (including phenoxy) is 1. The molecule has 2 heterocycles. The summed E-state index contributed by atoms with van der Waals surface area (Å²) in [6.07, 6.45) is 1.63. The van der Waals surface area contributed by atoms with Crippen molar-refractivity contribution in [2.24, 2.45) is 5.92 Å². The molecule has 1 aromatic heterocycles. The second-order valence-corrected chi connectivity index (χ2v) is 6.28. The van der Waals surface area contributed by atoms with Crippen LogP contribution in [0.4, 0.5) is 4.79 Å². The molecule has 1 aliphatic rings. The highest BCUT2D eigenvalue weighted by Crippen LogP contribution is 2.20. The lowest BCUT2D eigenvalue weighted by Crippen LogP contribution is -2.50. The molecule has 0 spiro atoms. The van der Waals surface area contributed by atoms with Crippen LogP contribution < -0.4 is 4.74 Å². The highest BCUT2D eigenvalue weighted by atomic mass is 16.6. The summed E-state index contributed by atoms with van der Waals surface area (Å²) in [5.41, 5.74) is 1.04. The van der Waals surface area contributed by atoms with Crippen LogP contribution in [0.5, 0.6) is 5.75 Å². The van der Waals surface area contributed by atoms with Gasteiger partial charge in [0.1, 0.15) is 5.75 Å². The number of H-pyrrole nitrogens is 1. The van der Waals surface area contributed by atoms with Crippen molar-refractivity contribution in [2.45, 2.75) is 13.8 Å². The van der Waals surface area contributed by atoms with Crippen LogP contribution in [0.2, 0.25) is 0 Å². The number of carbonyl (C=O) groups excluding carboxylic acids is 1. The Labute approximate surface area is 130 Å². The lowest BCUT2D eigenvalue weighted by Gasteiger charge is -2.34. The monoisotopic (exact) mass is 301 g/mol. The van der Waals surface area contributed by atoms with Crippen molar-refractivity contribution < 1.29 is 9.53 Å². The number of fused-ring (bicyclic) bond motifs is 1. The normalized spacial score (nSPS) is 16.4.